The van der Waals surface area contributed by atoms with Crippen LogP contribution in [-0.2, 0) is 0 Å². The Hall–Kier alpha value is -0.720. The molecular weight excluding hydrogens is 248 g/mol. The highest BCUT2D eigenvalue weighted by Crippen LogP contribution is 2.42. The summed E-state index contributed by atoms with van der Waals surface area (Å²) in [5.41, 5.74) is 0.350. The van der Waals surface area contributed by atoms with Crippen molar-refractivity contribution in [3.8, 4) is 0 Å². The number of rotatable bonds is 5. The number of alkyl halides is 6. The quantitative estimate of drug-likeness (QED) is 0.589. The lowest BCUT2D eigenvalue weighted by Crippen LogP contribution is -2.50. The molecule has 0 aromatic carbocycles. The molecule has 0 saturated heterocycles. The number of hydrogen-bond acceptors (Lipinski definition) is 1. The van der Waals surface area contributed by atoms with E-state index in [9.17, 15) is 26.3 Å². The molecule has 0 aliphatic rings. The summed E-state index contributed by atoms with van der Waals surface area (Å²) in [4.78, 5) is 0. The van der Waals surface area contributed by atoms with Gasteiger partial charge in [0.2, 0.25) is 0 Å². The largest absolute Gasteiger partial charge is 0.402 e. The van der Waals surface area contributed by atoms with Crippen molar-refractivity contribution < 1.29 is 26.3 Å². The van der Waals surface area contributed by atoms with Crippen molar-refractivity contribution in [3.05, 3.63) is 12.2 Å². The molecule has 102 valence electrons. The Labute approximate surface area is 95.9 Å². The van der Waals surface area contributed by atoms with Gasteiger partial charge in [-0.15, -0.1) is 0 Å². The zero-order valence-electron chi connectivity index (χ0n) is 9.54. The molecule has 1 N–H and O–H groups in total. The van der Waals surface area contributed by atoms with Gasteiger partial charge in [0, 0.05) is 6.04 Å². The van der Waals surface area contributed by atoms with E-state index in [2.05, 4.69) is 11.9 Å². The number of nitrogens with one attached hydrogen (secondary N) is 1. The maximum absolute atomic E-state index is 12.4. The van der Waals surface area contributed by atoms with Crippen LogP contribution in [0.25, 0.3) is 0 Å². The van der Waals surface area contributed by atoms with Crippen molar-refractivity contribution >= 4 is 0 Å². The molecule has 1 unspecified atom stereocenters. The van der Waals surface area contributed by atoms with E-state index in [1.54, 1.807) is 6.92 Å². The van der Waals surface area contributed by atoms with E-state index in [1.807, 2.05) is 0 Å². The molecule has 0 amide bonds. The van der Waals surface area contributed by atoms with E-state index in [0.29, 0.717) is 12.0 Å². The van der Waals surface area contributed by atoms with Crippen LogP contribution in [0.4, 0.5) is 26.3 Å². The molecule has 0 bridgehead atoms. The van der Waals surface area contributed by atoms with Gasteiger partial charge in [0.05, 0.1) is 0 Å². The molecule has 1 nitrogen and oxygen atoms in total. The van der Waals surface area contributed by atoms with Gasteiger partial charge >= 0.3 is 12.4 Å². The first-order chi connectivity index (χ1) is 7.54. The predicted molar refractivity (Wildman–Crippen MR) is 52.5 cm³/mol. The second-order valence-electron chi connectivity index (χ2n) is 3.76. The second kappa shape index (κ2) is 5.75. The van der Waals surface area contributed by atoms with Gasteiger partial charge in [-0.05, 0) is 19.9 Å². The van der Waals surface area contributed by atoms with Gasteiger partial charge in [-0.1, -0.05) is 19.1 Å². The topological polar surface area (TPSA) is 12.0 Å². The standard InChI is InChI=1S/C10H15F6N/c1-4-6(2)5-7(17-3)8(9(11,12)13)10(14,15)16/h7-8,17H,2,4-5H2,1,3H3. The van der Waals surface area contributed by atoms with Crippen LogP contribution in [0.15, 0.2) is 12.2 Å². The minimum absolute atomic E-state index is 0.348. The Balaban J connectivity index is 5.07. The van der Waals surface area contributed by atoms with Crippen LogP contribution in [0.2, 0.25) is 0 Å². The SMILES string of the molecule is C=C(CC)CC(NC)C(C(F)(F)F)C(F)(F)F. The first kappa shape index (κ1) is 16.3. The van der Waals surface area contributed by atoms with E-state index in [1.165, 1.54) is 0 Å². The second-order valence-corrected chi connectivity index (χ2v) is 3.76. The average molecular weight is 263 g/mol. The normalized spacial score (nSPS) is 15.1. The van der Waals surface area contributed by atoms with Crippen LogP contribution in [0, 0.1) is 5.92 Å². The van der Waals surface area contributed by atoms with Crippen LogP contribution in [-0.4, -0.2) is 25.4 Å². The Morgan fingerprint density at radius 2 is 1.53 bits per heavy atom. The predicted octanol–water partition coefficient (Wildman–Crippen LogP) is 3.67. The van der Waals surface area contributed by atoms with Crippen molar-refractivity contribution in [1.82, 2.24) is 5.32 Å². The lowest BCUT2D eigenvalue weighted by molar-refractivity contribution is -0.291. The summed E-state index contributed by atoms with van der Waals surface area (Å²) in [7, 11) is 1.08. The van der Waals surface area contributed by atoms with E-state index in [0.717, 1.165) is 7.05 Å². The van der Waals surface area contributed by atoms with Crippen LogP contribution in [0.1, 0.15) is 19.8 Å². The highest BCUT2D eigenvalue weighted by molar-refractivity contribution is 5.00. The molecular formula is C10H15F6N. The number of hydrogen-bond donors (Lipinski definition) is 1. The Bertz CT molecular complexity index is 241. The first-order valence-corrected chi connectivity index (χ1v) is 5.01. The summed E-state index contributed by atoms with van der Waals surface area (Å²) < 4.78 is 74.5. The zero-order valence-corrected chi connectivity index (χ0v) is 9.54. The monoisotopic (exact) mass is 263 g/mol. The van der Waals surface area contributed by atoms with Gasteiger partial charge in [0.1, 0.15) is 0 Å². The number of halogens is 6. The fraction of sp³-hybridized carbons (Fsp3) is 0.800. The molecule has 7 heteroatoms. The van der Waals surface area contributed by atoms with E-state index >= 15 is 0 Å². The molecule has 0 saturated carbocycles. The van der Waals surface area contributed by atoms with Crippen molar-refractivity contribution in [2.45, 2.75) is 38.2 Å². The minimum Gasteiger partial charge on any atom is -0.316 e. The molecule has 0 heterocycles. The van der Waals surface area contributed by atoms with Crippen molar-refractivity contribution in [2.24, 2.45) is 5.92 Å². The van der Waals surface area contributed by atoms with Gasteiger partial charge in [-0.2, -0.15) is 26.3 Å². The van der Waals surface area contributed by atoms with Crippen LogP contribution in [0.5, 0.6) is 0 Å². The summed E-state index contributed by atoms with van der Waals surface area (Å²) in [5.74, 6) is -3.37. The molecule has 17 heavy (non-hydrogen) atoms. The van der Waals surface area contributed by atoms with Gasteiger partial charge in [-0.25, -0.2) is 0 Å². The van der Waals surface area contributed by atoms with Crippen LogP contribution >= 0.6 is 0 Å². The molecule has 0 fully saturated rings. The fourth-order valence-electron chi connectivity index (χ4n) is 1.48. The third kappa shape index (κ3) is 4.97. The molecule has 0 rings (SSSR count). The average Bonchev–Trinajstić information content (AvgIpc) is 2.11. The lowest BCUT2D eigenvalue weighted by atomic mass is 9.92. The summed E-state index contributed by atoms with van der Waals surface area (Å²) in [6, 6.07) is -1.73. The fourth-order valence-corrected chi connectivity index (χ4v) is 1.48. The smallest absolute Gasteiger partial charge is 0.316 e. The Kier molecular flexibility index (Phi) is 5.51. The maximum Gasteiger partial charge on any atom is 0.402 e. The highest BCUT2D eigenvalue weighted by atomic mass is 19.4. The molecule has 0 aromatic rings. The van der Waals surface area contributed by atoms with E-state index in [4.69, 9.17) is 0 Å². The van der Waals surface area contributed by atoms with Gasteiger partial charge < -0.3 is 5.32 Å². The Morgan fingerprint density at radius 1 is 1.12 bits per heavy atom. The van der Waals surface area contributed by atoms with Gasteiger partial charge in [0.15, 0.2) is 5.92 Å². The van der Waals surface area contributed by atoms with E-state index < -0.39 is 24.3 Å². The lowest BCUT2D eigenvalue weighted by Gasteiger charge is -2.30. The Morgan fingerprint density at radius 3 is 1.76 bits per heavy atom. The maximum atomic E-state index is 12.4. The summed E-state index contributed by atoms with van der Waals surface area (Å²) in [5, 5.41) is 2.08. The molecule has 0 aliphatic carbocycles. The highest BCUT2D eigenvalue weighted by Gasteiger charge is 2.59. The molecule has 0 aliphatic heterocycles. The molecule has 0 aromatic heterocycles. The van der Waals surface area contributed by atoms with Gasteiger partial charge in [-0.3, -0.25) is 0 Å². The van der Waals surface area contributed by atoms with Crippen molar-refractivity contribution in [1.29, 1.82) is 0 Å². The zero-order chi connectivity index (χ0) is 13.9. The van der Waals surface area contributed by atoms with Crippen molar-refractivity contribution in [3.63, 3.8) is 0 Å². The molecule has 0 radical (unpaired) electrons. The van der Waals surface area contributed by atoms with Crippen molar-refractivity contribution in [2.75, 3.05) is 7.05 Å². The third-order valence-electron chi connectivity index (χ3n) is 2.49. The minimum atomic E-state index is -5.32. The van der Waals surface area contributed by atoms with Crippen LogP contribution < -0.4 is 5.32 Å². The summed E-state index contributed by atoms with van der Waals surface area (Å²) in [6.45, 7) is 5.06. The third-order valence-corrected chi connectivity index (χ3v) is 2.49. The van der Waals surface area contributed by atoms with Crippen LogP contribution in [0.3, 0.4) is 0 Å². The summed E-state index contributed by atoms with van der Waals surface area (Å²) in [6.07, 6.45) is -10.6. The summed E-state index contributed by atoms with van der Waals surface area (Å²) >= 11 is 0. The molecule has 1 atom stereocenters. The van der Waals surface area contributed by atoms with Gasteiger partial charge in [0.25, 0.3) is 0 Å². The van der Waals surface area contributed by atoms with E-state index in [-0.39, 0.29) is 6.42 Å². The molecule has 0 spiro atoms. The first-order valence-electron chi connectivity index (χ1n) is 5.01.